The molecule has 1 unspecified atom stereocenters. The predicted molar refractivity (Wildman–Crippen MR) is 190 cm³/mol. The molecule has 0 bridgehead atoms. The third-order valence-electron chi connectivity index (χ3n) is 9.52. The SMILES string of the molecule is O=C(Cn1nc(C(=O)NCc2ccccc2)cc1C(=O)N[C@H]1CCCC[C@@H]1OCc1ccccc1)NC1CCCC[C@@H]1OCc1ccccc1. The van der Waals surface area contributed by atoms with Crippen LogP contribution >= 0.6 is 0 Å². The highest BCUT2D eigenvalue weighted by atomic mass is 16.5. The normalized spacial score (nSPS) is 20.5. The lowest BCUT2D eigenvalue weighted by Gasteiger charge is -2.32. The van der Waals surface area contributed by atoms with Crippen LogP contribution in [0.15, 0.2) is 97.1 Å². The Morgan fingerprint density at radius 1 is 0.640 bits per heavy atom. The van der Waals surface area contributed by atoms with Crippen molar-refractivity contribution in [3.8, 4) is 0 Å². The molecule has 0 aliphatic heterocycles. The Kier molecular flexibility index (Phi) is 12.4. The molecule has 3 amide bonds. The van der Waals surface area contributed by atoms with Crippen LogP contribution in [-0.4, -0.2) is 51.8 Å². The number of carbonyl (C=O) groups excluding carboxylic acids is 3. The Morgan fingerprint density at radius 3 is 1.70 bits per heavy atom. The molecular formula is C40H47N5O5. The molecule has 4 aromatic rings. The number of amides is 3. The van der Waals surface area contributed by atoms with E-state index in [4.69, 9.17) is 9.47 Å². The minimum absolute atomic E-state index is 0.0705. The van der Waals surface area contributed by atoms with Gasteiger partial charge in [0.05, 0.1) is 37.5 Å². The van der Waals surface area contributed by atoms with Crippen molar-refractivity contribution in [1.82, 2.24) is 25.7 Å². The number of hydrogen-bond donors (Lipinski definition) is 3. The second kappa shape index (κ2) is 17.7. The fourth-order valence-electron chi connectivity index (χ4n) is 6.81. The number of nitrogens with zero attached hydrogens (tertiary/aromatic N) is 2. The van der Waals surface area contributed by atoms with Gasteiger partial charge in [-0.3, -0.25) is 14.4 Å². The quantitative estimate of drug-likeness (QED) is 0.157. The number of ether oxygens (including phenoxy) is 2. The van der Waals surface area contributed by atoms with Gasteiger partial charge in [-0.05, 0) is 42.4 Å². The predicted octanol–water partition coefficient (Wildman–Crippen LogP) is 5.72. The van der Waals surface area contributed by atoms with Crippen molar-refractivity contribution in [2.24, 2.45) is 0 Å². The molecule has 2 aliphatic carbocycles. The van der Waals surface area contributed by atoms with Gasteiger partial charge in [0.15, 0.2) is 5.69 Å². The van der Waals surface area contributed by atoms with Crippen LogP contribution in [-0.2, 0) is 40.6 Å². The minimum atomic E-state index is -0.426. The number of aromatic nitrogens is 2. The summed E-state index contributed by atoms with van der Waals surface area (Å²) in [5.74, 6) is -1.11. The molecule has 0 radical (unpaired) electrons. The largest absolute Gasteiger partial charge is 0.371 e. The van der Waals surface area contributed by atoms with Crippen molar-refractivity contribution in [1.29, 1.82) is 0 Å². The van der Waals surface area contributed by atoms with E-state index in [-0.39, 0.29) is 48.1 Å². The Balaban J connectivity index is 1.14. The van der Waals surface area contributed by atoms with Gasteiger partial charge in [-0.15, -0.1) is 0 Å². The zero-order valence-corrected chi connectivity index (χ0v) is 28.5. The molecule has 0 spiro atoms. The van der Waals surface area contributed by atoms with Crippen molar-refractivity contribution in [3.05, 3.63) is 125 Å². The van der Waals surface area contributed by atoms with Crippen molar-refractivity contribution < 1.29 is 23.9 Å². The van der Waals surface area contributed by atoms with E-state index in [1.54, 1.807) is 0 Å². The van der Waals surface area contributed by atoms with E-state index >= 15 is 0 Å². The molecule has 10 nitrogen and oxygen atoms in total. The van der Waals surface area contributed by atoms with Crippen LogP contribution in [0.4, 0.5) is 0 Å². The second-order valence-electron chi connectivity index (χ2n) is 13.2. The zero-order chi connectivity index (χ0) is 34.5. The monoisotopic (exact) mass is 677 g/mol. The summed E-state index contributed by atoms with van der Waals surface area (Å²) in [6.45, 7) is 1.03. The van der Waals surface area contributed by atoms with Gasteiger partial charge < -0.3 is 25.4 Å². The highest BCUT2D eigenvalue weighted by molar-refractivity contribution is 5.98. The molecule has 0 saturated heterocycles. The van der Waals surface area contributed by atoms with Crippen LogP contribution < -0.4 is 16.0 Å². The van der Waals surface area contributed by atoms with Crippen molar-refractivity contribution in [2.45, 2.75) is 102 Å². The maximum absolute atomic E-state index is 13.9. The molecule has 262 valence electrons. The molecule has 2 aliphatic rings. The summed E-state index contributed by atoms with van der Waals surface area (Å²) < 4.78 is 13.9. The van der Waals surface area contributed by atoms with Gasteiger partial charge in [-0.25, -0.2) is 4.68 Å². The molecule has 6 rings (SSSR count). The molecule has 50 heavy (non-hydrogen) atoms. The van der Waals surface area contributed by atoms with Crippen LogP contribution in [0.2, 0.25) is 0 Å². The van der Waals surface area contributed by atoms with Crippen LogP contribution in [0, 0.1) is 0 Å². The average molecular weight is 678 g/mol. The number of carbonyl (C=O) groups is 3. The summed E-state index contributed by atoms with van der Waals surface area (Å²) in [4.78, 5) is 40.7. The lowest BCUT2D eigenvalue weighted by Crippen LogP contribution is -2.48. The zero-order valence-electron chi connectivity index (χ0n) is 28.5. The minimum Gasteiger partial charge on any atom is -0.371 e. The summed E-state index contributed by atoms with van der Waals surface area (Å²) in [6, 6.07) is 30.6. The first-order chi connectivity index (χ1) is 24.5. The highest BCUT2D eigenvalue weighted by Gasteiger charge is 2.31. The maximum Gasteiger partial charge on any atom is 0.272 e. The summed E-state index contributed by atoms with van der Waals surface area (Å²) in [7, 11) is 0. The number of hydrogen-bond acceptors (Lipinski definition) is 6. The van der Waals surface area contributed by atoms with E-state index in [0.29, 0.717) is 19.8 Å². The first-order valence-corrected chi connectivity index (χ1v) is 17.8. The fourth-order valence-corrected chi connectivity index (χ4v) is 6.81. The number of rotatable bonds is 14. The third kappa shape index (κ3) is 9.89. The van der Waals surface area contributed by atoms with Crippen molar-refractivity contribution in [3.63, 3.8) is 0 Å². The van der Waals surface area contributed by atoms with Crippen molar-refractivity contribution in [2.75, 3.05) is 0 Å². The van der Waals surface area contributed by atoms with Gasteiger partial charge in [-0.1, -0.05) is 117 Å². The topological polar surface area (TPSA) is 124 Å². The Hall–Kier alpha value is -4.80. The maximum atomic E-state index is 13.9. The molecule has 2 saturated carbocycles. The highest BCUT2D eigenvalue weighted by Crippen LogP contribution is 2.24. The number of benzene rings is 3. The fraction of sp³-hybridized carbons (Fsp3) is 0.400. The van der Waals surface area contributed by atoms with Gasteiger partial charge in [0.2, 0.25) is 5.91 Å². The van der Waals surface area contributed by atoms with E-state index in [1.165, 1.54) is 10.7 Å². The Morgan fingerprint density at radius 2 is 1.14 bits per heavy atom. The first-order valence-electron chi connectivity index (χ1n) is 17.8. The Bertz CT molecular complexity index is 1680. The molecular weight excluding hydrogens is 630 g/mol. The van der Waals surface area contributed by atoms with E-state index < -0.39 is 11.8 Å². The van der Waals surface area contributed by atoms with Crippen LogP contribution in [0.1, 0.15) is 89.0 Å². The van der Waals surface area contributed by atoms with E-state index in [2.05, 4.69) is 21.0 Å². The van der Waals surface area contributed by atoms with E-state index in [1.807, 2.05) is 91.0 Å². The summed E-state index contributed by atoms with van der Waals surface area (Å²) in [5, 5.41) is 13.7. The van der Waals surface area contributed by atoms with Crippen molar-refractivity contribution >= 4 is 17.7 Å². The molecule has 10 heteroatoms. The van der Waals surface area contributed by atoms with E-state index in [0.717, 1.165) is 68.1 Å². The Labute approximate surface area is 293 Å². The van der Waals surface area contributed by atoms with Gasteiger partial charge >= 0.3 is 0 Å². The molecule has 1 aromatic heterocycles. The third-order valence-corrected chi connectivity index (χ3v) is 9.52. The van der Waals surface area contributed by atoms with Gasteiger partial charge in [0, 0.05) is 12.6 Å². The van der Waals surface area contributed by atoms with Gasteiger partial charge in [0.25, 0.3) is 11.8 Å². The van der Waals surface area contributed by atoms with Crippen LogP contribution in [0.25, 0.3) is 0 Å². The van der Waals surface area contributed by atoms with Crippen LogP contribution in [0.3, 0.4) is 0 Å². The van der Waals surface area contributed by atoms with Crippen LogP contribution in [0.5, 0.6) is 0 Å². The number of nitrogens with one attached hydrogen (secondary N) is 3. The lowest BCUT2D eigenvalue weighted by molar-refractivity contribution is -0.124. The van der Waals surface area contributed by atoms with E-state index in [9.17, 15) is 14.4 Å². The second-order valence-corrected chi connectivity index (χ2v) is 13.2. The molecule has 2 fully saturated rings. The molecule has 4 atom stereocenters. The first kappa shape index (κ1) is 35.0. The average Bonchev–Trinajstić information content (AvgIpc) is 3.58. The van der Waals surface area contributed by atoms with Gasteiger partial charge in [-0.2, -0.15) is 5.10 Å². The summed E-state index contributed by atoms with van der Waals surface area (Å²) in [5.41, 5.74) is 3.31. The molecule has 3 aromatic carbocycles. The lowest BCUT2D eigenvalue weighted by atomic mass is 9.92. The molecule has 1 heterocycles. The van der Waals surface area contributed by atoms with Gasteiger partial charge in [0.1, 0.15) is 12.2 Å². The summed E-state index contributed by atoms with van der Waals surface area (Å²) in [6.07, 6.45) is 7.02. The summed E-state index contributed by atoms with van der Waals surface area (Å²) >= 11 is 0. The standard InChI is InChI=1S/C40H47N5O5/c46-38(42-32-20-10-12-22-36(32)49-27-30-16-6-2-7-17-30)26-45-35(24-34(44-45)39(47)41-25-29-14-4-1-5-15-29)40(48)43-33-21-11-13-23-37(33)50-28-31-18-8-3-9-19-31/h1-9,14-19,24,32-33,36-37H,10-13,20-23,25-28H2,(H,41,47)(H,42,46)(H,43,48)/t32?,33-,36-,37-/m0/s1. The molecule has 3 N–H and O–H groups in total. The smallest absolute Gasteiger partial charge is 0.272 e.